The molecule has 0 aromatic carbocycles. The van der Waals surface area contributed by atoms with Crippen LogP contribution in [0.15, 0.2) is 39.8 Å². The number of esters is 1. The van der Waals surface area contributed by atoms with Gasteiger partial charge in [0.1, 0.15) is 28.8 Å². The van der Waals surface area contributed by atoms with E-state index in [1.165, 1.54) is 0 Å². The number of ether oxygens (including phenoxy) is 2. The summed E-state index contributed by atoms with van der Waals surface area (Å²) < 4.78 is 18.3. The lowest BCUT2D eigenvalue weighted by Gasteiger charge is -2.66. The van der Waals surface area contributed by atoms with Crippen LogP contribution in [0.3, 0.4) is 0 Å². The summed E-state index contributed by atoms with van der Waals surface area (Å²) in [6.07, 6.45) is 2.51. The van der Waals surface area contributed by atoms with Crippen molar-refractivity contribution in [3.63, 3.8) is 0 Å². The molecule has 3 heterocycles. The van der Waals surface area contributed by atoms with Crippen molar-refractivity contribution in [2.75, 3.05) is 6.61 Å². The zero-order valence-corrected chi connectivity index (χ0v) is 22.3. The molecule has 5 rings (SSSR count). The Morgan fingerprint density at radius 3 is 2.68 bits per heavy atom. The first kappa shape index (κ1) is 26.8. The van der Waals surface area contributed by atoms with Crippen molar-refractivity contribution < 1.29 is 34.0 Å². The summed E-state index contributed by atoms with van der Waals surface area (Å²) in [6, 6.07) is 5.06. The molecule has 1 aliphatic heterocycles. The van der Waals surface area contributed by atoms with Gasteiger partial charge in [0, 0.05) is 41.8 Å². The second-order valence-electron chi connectivity index (χ2n) is 11.9. The van der Waals surface area contributed by atoms with Crippen LogP contribution in [-0.2, 0) is 9.53 Å². The predicted molar refractivity (Wildman–Crippen MR) is 137 cm³/mol. The van der Waals surface area contributed by atoms with Crippen molar-refractivity contribution in [3.8, 4) is 17.1 Å². The number of pyridine rings is 1. The first-order chi connectivity index (χ1) is 18.0. The number of nitrogens with zero attached hydrogens (tertiary/aromatic N) is 1. The van der Waals surface area contributed by atoms with E-state index in [1.54, 1.807) is 30.6 Å². The Bertz CT molecular complexity index is 1260. The summed E-state index contributed by atoms with van der Waals surface area (Å²) in [4.78, 5) is 30.2. The molecule has 3 unspecified atom stereocenters. The van der Waals surface area contributed by atoms with E-state index in [1.807, 2.05) is 27.7 Å². The topological polar surface area (TPSA) is 139 Å². The van der Waals surface area contributed by atoms with Crippen LogP contribution in [0.5, 0.6) is 5.75 Å². The summed E-state index contributed by atoms with van der Waals surface area (Å²) in [5.74, 6) is -0.931. The third-order valence-electron chi connectivity index (χ3n) is 9.63. The summed E-state index contributed by atoms with van der Waals surface area (Å²) in [6.45, 7) is 7.31. The molecule has 38 heavy (non-hydrogen) atoms. The normalized spacial score (nSPS) is 37.8. The van der Waals surface area contributed by atoms with Gasteiger partial charge in [-0.25, -0.2) is 4.79 Å². The van der Waals surface area contributed by atoms with Gasteiger partial charge in [0.15, 0.2) is 0 Å². The third kappa shape index (κ3) is 3.89. The molecule has 0 spiro atoms. The summed E-state index contributed by atoms with van der Waals surface area (Å²) >= 11 is 0. The molecule has 0 bridgehead atoms. The van der Waals surface area contributed by atoms with Crippen LogP contribution in [0.2, 0.25) is 0 Å². The van der Waals surface area contributed by atoms with E-state index in [2.05, 4.69) is 4.98 Å². The lowest BCUT2D eigenvalue weighted by atomic mass is 9.42. The number of fused-ring (bicyclic) bond motifs is 4. The zero-order chi connectivity index (χ0) is 27.5. The predicted octanol–water partition coefficient (Wildman–Crippen LogP) is 3.39. The molecule has 2 aromatic heterocycles. The minimum absolute atomic E-state index is 0.0254. The average molecular weight is 528 g/mol. The number of hydrogen-bond acceptors (Lipinski definition) is 9. The van der Waals surface area contributed by atoms with E-state index in [4.69, 9.17) is 13.9 Å². The molecule has 0 saturated heterocycles. The van der Waals surface area contributed by atoms with Gasteiger partial charge < -0.3 is 29.2 Å². The maximum absolute atomic E-state index is 13.3. The van der Waals surface area contributed by atoms with E-state index >= 15 is 0 Å². The van der Waals surface area contributed by atoms with Crippen LogP contribution < -0.4 is 10.4 Å². The number of aromatic nitrogens is 1. The van der Waals surface area contributed by atoms with Crippen LogP contribution in [0.25, 0.3) is 11.3 Å². The van der Waals surface area contributed by atoms with Crippen LogP contribution in [0.4, 0.5) is 0 Å². The summed E-state index contributed by atoms with van der Waals surface area (Å²) in [5, 5.41) is 33.3. The van der Waals surface area contributed by atoms with Gasteiger partial charge in [0.25, 0.3) is 0 Å². The molecule has 2 saturated carbocycles. The summed E-state index contributed by atoms with van der Waals surface area (Å²) in [5.41, 5.74) is -2.82. The number of aliphatic hydroxyl groups excluding tert-OH is 3. The Labute approximate surface area is 221 Å². The van der Waals surface area contributed by atoms with E-state index in [0.717, 1.165) is 0 Å². The molecule has 9 nitrogen and oxygen atoms in total. The summed E-state index contributed by atoms with van der Waals surface area (Å²) in [7, 11) is 0. The van der Waals surface area contributed by atoms with Crippen molar-refractivity contribution >= 4 is 5.97 Å². The second-order valence-corrected chi connectivity index (χ2v) is 11.9. The average Bonchev–Trinajstić information content (AvgIpc) is 2.88. The van der Waals surface area contributed by atoms with Gasteiger partial charge >= 0.3 is 11.6 Å². The van der Waals surface area contributed by atoms with Crippen molar-refractivity contribution in [1.29, 1.82) is 0 Å². The van der Waals surface area contributed by atoms with Crippen LogP contribution >= 0.6 is 0 Å². The highest BCUT2D eigenvalue weighted by atomic mass is 16.6. The maximum Gasteiger partial charge on any atom is 0.345 e. The van der Waals surface area contributed by atoms with Gasteiger partial charge in [-0.15, -0.1) is 0 Å². The lowest BCUT2D eigenvalue weighted by molar-refractivity contribution is -0.268. The minimum Gasteiger partial charge on any atom is -0.482 e. The fourth-order valence-corrected chi connectivity index (χ4v) is 7.64. The molecule has 0 amide bonds. The molecule has 206 valence electrons. The smallest absolute Gasteiger partial charge is 0.345 e. The van der Waals surface area contributed by atoms with Gasteiger partial charge in [-0.1, -0.05) is 20.8 Å². The Hall–Kier alpha value is -2.75. The number of rotatable bonds is 5. The highest BCUT2D eigenvalue weighted by Crippen LogP contribution is 2.67. The maximum atomic E-state index is 13.3. The number of hydrogen-bond donors (Lipinski definition) is 3. The third-order valence-corrected chi connectivity index (χ3v) is 9.63. The molecule has 2 fully saturated rings. The molecule has 2 aliphatic carbocycles. The van der Waals surface area contributed by atoms with Crippen LogP contribution in [0.1, 0.15) is 71.5 Å². The van der Waals surface area contributed by atoms with E-state index in [9.17, 15) is 24.9 Å². The first-order valence-electron chi connectivity index (χ1n) is 13.4. The largest absolute Gasteiger partial charge is 0.482 e. The SMILES string of the molecule is CCCC(=O)O[C@H]1CC2C(C)(CO)[C@@H](O)CC[C@]2(C)C2[C@@H](O)c3c(cc(-c4cccnc4)oc3=O)O[C@@]21C. The molecule has 3 aliphatic rings. The fraction of sp³-hybridized carbons (Fsp3) is 0.621. The molecule has 0 radical (unpaired) electrons. The van der Waals surface area contributed by atoms with Gasteiger partial charge in [-0.3, -0.25) is 9.78 Å². The van der Waals surface area contributed by atoms with Crippen LogP contribution in [-0.4, -0.2) is 50.7 Å². The number of carbonyl (C=O) groups is 1. The van der Waals surface area contributed by atoms with Gasteiger partial charge in [-0.2, -0.15) is 0 Å². The Kier molecular flexibility index (Phi) is 6.69. The Morgan fingerprint density at radius 2 is 2.03 bits per heavy atom. The van der Waals surface area contributed by atoms with E-state index in [-0.39, 0.29) is 42.0 Å². The quantitative estimate of drug-likeness (QED) is 0.499. The van der Waals surface area contributed by atoms with Crippen molar-refractivity contribution in [2.45, 2.75) is 83.7 Å². The van der Waals surface area contributed by atoms with Crippen molar-refractivity contribution in [1.82, 2.24) is 4.98 Å². The van der Waals surface area contributed by atoms with Crippen LogP contribution in [0, 0.1) is 22.7 Å². The number of aliphatic hydroxyl groups is 3. The van der Waals surface area contributed by atoms with Gasteiger partial charge in [0.05, 0.1) is 18.8 Å². The van der Waals surface area contributed by atoms with E-state index < -0.39 is 46.3 Å². The molecular formula is C29H37NO8. The van der Waals surface area contributed by atoms with Gasteiger partial charge in [0.2, 0.25) is 0 Å². The molecule has 9 heteroatoms. The standard InChI is InChI=1S/C29H37NO8/c1-5-7-22(33)37-21-13-19-27(2,10-9-20(32)28(19,3)15-31)25-24(34)23-18(38-29(21,25)4)12-17(36-26(23)35)16-8-6-11-30-14-16/h6,8,11-12,14,19-21,24-25,31-32,34H,5,7,9-10,13,15H2,1-4H3/t19?,20-,21-,24-,25?,27-,28?,29+/m0/s1. The zero-order valence-electron chi connectivity index (χ0n) is 22.3. The van der Waals surface area contributed by atoms with E-state index in [0.29, 0.717) is 31.2 Å². The second kappa shape index (κ2) is 9.47. The monoisotopic (exact) mass is 527 g/mol. The van der Waals surface area contributed by atoms with Crippen molar-refractivity contribution in [3.05, 3.63) is 46.6 Å². The fourth-order valence-electron chi connectivity index (χ4n) is 7.64. The first-order valence-corrected chi connectivity index (χ1v) is 13.4. The molecule has 3 N–H and O–H groups in total. The molecule has 8 atom stereocenters. The highest BCUT2D eigenvalue weighted by molar-refractivity contribution is 5.69. The minimum atomic E-state index is -1.28. The van der Waals surface area contributed by atoms with Crippen molar-refractivity contribution in [2.24, 2.45) is 22.7 Å². The Morgan fingerprint density at radius 1 is 1.26 bits per heavy atom. The lowest BCUT2D eigenvalue weighted by Crippen LogP contribution is -2.71. The Balaban J connectivity index is 1.67. The van der Waals surface area contributed by atoms with Gasteiger partial charge in [-0.05, 0) is 56.1 Å². The highest BCUT2D eigenvalue weighted by Gasteiger charge is 2.70. The molecular weight excluding hydrogens is 490 g/mol. The molecule has 2 aromatic rings. The number of carbonyl (C=O) groups excluding carboxylic acids is 1.